The Morgan fingerprint density at radius 3 is 2.70 bits per heavy atom. The molecular formula is C20H29N3O2S2. The van der Waals surface area contributed by atoms with Crippen LogP contribution in [0.2, 0.25) is 0 Å². The molecule has 27 heavy (non-hydrogen) atoms. The van der Waals surface area contributed by atoms with Crippen LogP contribution in [0.1, 0.15) is 55.4 Å². The van der Waals surface area contributed by atoms with Crippen LogP contribution in [-0.4, -0.2) is 57.2 Å². The first-order chi connectivity index (χ1) is 13.1. The van der Waals surface area contributed by atoms with E-state index in [1.807, 2.05) is 6.92 Å². The maximum absolute atomic E-state index is 12.2. The second-order valence-corrected chi connectivity index (χ2v) is 10.8. The van der Waals surface area contributed by atoms with Gasteiger partial charge >= 0.3 is 0 Å². The Hall–Kier alpha value is -0.890. The Morgan fingerprint density at radius 2 is 2.00 bits per heavy atom. The molecule has 0 amide bonds. The van der Waals surface area contributed by atoms with E-state index in [9.17, 15) is 4.55 Å². The number of hydrogen-bond acceptors (Lipinski definition) is 6. The quantitative estimate of drug-likeness (QED) is 0.683. The predicted octanol–water partition coefficient (Wildman–Crippen LogP) is 3.74. The van der Waals surface area contributed by atoms with Crippen molar-refractivity contribution in [2.24, 2.45) is 0 Å². The molecule has 0 saturated heterocycles. The summed E-state index contributed by atoms with van der Waals surface area (Å²) >= 11 is 1.01. The first kappa shape index (κ1) is 19.4. The molecule has 0 spiro atoms. The van der Waals surface area contributed by atoms with Gasteiger partial charge in [-0.3, -0.25) is 0 Å². The van der Waals surface area contributed by atoms with Gasteiger partial charge in [-0.25, -0.2) is 9.97 Å². The lowest BCUT2D eigenvalue weighted by molar-refractivity contribution is 0.108. The van der Waals surface area contributed by atoms with E-state index in [0.29, 0.717) is 12.0 Å². The summed E-state index contributed by atoms with van der Waals surface area (Å²) in [4.78, 5) is 13.8. The zero-order valence-electron chi connectivity index (χ0n) is 16.4. The topological polar surface area (TPSA) is 61.3 Å². The molecule has 4 rings (SSSR count). The highest BCUT2D eigenvalue weighted by Gasteiger charge is 2.33. The molecule has 1 saturated carbocycles. The summed E-state index contributed by atoms with van der Waals surface area (Å²) in [5.74, 6) is 2.58. The van der Waals surface area contributed by atoms with Crippen LogP contribution in [0.4, 0.5) is 0 Å². The number of rotatable bonds is 6. The minimum Gasteiger partial charge on any atom is -0.616 e. The number of nitrogens with zero attached hydrogens (tertiary/aromatic N) is 3. The number of thiophene rings is 1. The summed E-state index contributed by atoms with van der Waals surface area (Å²) in [5, 5.41) is 1.10. The van der Waals surface area contributed by atoms with Crippen molar-refractivity contribution in [3.05, 3.63) is 16.8 Å². The summed E-state index contributed by atoms with van der Waals surface area (Å²) in [6.45, 7) is 2.00. The Morgan fingerprint density at radius 1 is 1.22 bits per heavy atom. The number of aryl methyl sites for hydroxylation is 1. The van der Waals surface area contributed by atoms with Crippen molar-refractivity contribution in [3.8, 4) is 5.88 Å². The van der Waals surface area contributed by atoms with Crippen molar-refractivity contribution >= 4 is 32.7 Å². The number of aromatic nitrogens is 2. The number of hydrogen-bond donors (Lipinski definition) is 0. The molecule has 1 fully saturated rings. The fraction of sp³-hybridized carbons (Fsp3) is 0.700. The van der Waals surface area contributed by atoms with Crippen LogP contribution in [0.15, 0.2) is 6.33 Å². The molecule has 2 aliphatic carbocycles. The first-order valence-electron chi connectivity index (χ1n) is 10.0. The lowest BCUT2D eigenvalue weighted by Gasteiger charge is -2.32. The summed E-state index contributed by atoms with van der Waals surface area (Å²) in [6, 6.07) is 0.661. The van der Waals surface area contributed by atoms with E-state index in [1.54, 1.807) is 17.7 Å². The third-order valence-corrected chi connectivity index (χ3v) is 8.65. The molecule has 2 heterocycles. The highest BCUT2D eigenvalue weighted by molar-refractivity contribution is 7.91. The van der Waals surface area contributed by atoms with E-state index in [1.165, 1.54) is 23.3 Å². The Labute approximate surface area is 168 Å². The molecule has 0 aliphatic heterocycles. The summed E-state index contributed by atoms with van der Waals surface area (Å²) in [7, 11) is 4.32. The van der Waals surface area contributed by atoms with Gasteiger partial charge in [0.25, 0.3) is 0 Å². The zero-order chi connectivity index (χ0) is 19.0. The Kier molecular flexibility index (Phi) is 5.92. The van der Waals surface area contributed by atoms with Crippen LogP contribution in [0.5, 0.6) is 5.88 Å². The molecule has 2 aromatic rings. The number of ether oxygens (including phenoxy) is 1. The lowest BCUT2D eigenvalue weighted by atomic mass is 9.92. The Bertz CT molecular complexity index is 787. The lowest BCUT2D eigenvalue weighted by Crippen LogP contribution is -2.35. The largest absolute Gasteiger partial charge is 0.616 e. The van der Waals surface area contributed by atoms with Crippen LogP contribution in [-0.2, 0) is 17.6 Å². The summed E-state index contributed by atoms with van der Waals surface area (Å²) in [6.07, 6.45) is 8.51. The molecular weight excluding hydrogens is 378 g/mol. The third-order valence-electron chi connectivity index (χ3n) is 6.06. The highest BCUT2D eigenvalue weighted by Crippen LogP contribution is 2.46. The van der Waals surface area contributed by atoms with Gasteiger partial charge in [0.2, 0.25) is 5.88 Å². The van der Waals surface area contributed by atoms with Gasteiger partial charge in [0.15, 0.2) is 0 Å². The van der Waals surface area contributed by atoms with E-state index in [-0.39, 0.29) is 6.10 Å². The van der Waals surface area contributed by atoms with E-state index in [0.717, 1.165) is 53.3 Å². The van der Waals surface area contributed by atoms with Crippen molar-refractivity contribution in [1.82, 2.24) is 14.9 Å². The summed E-state index contributed by atoms with van der Waals surface area (Å²) in [5.41, 5.74) is 1.33. The standard InChI is InChI=1S/C20H29N3O2S2/c1-4-27(24)11-13-5-10-16-17(13)18-19(21-12-22-20(18)26-16)25-15-8-6-14(7-9-15)23(2)3/h12-15H,4-11H2,1-3H3/t13-,14?,15?,27-/m1/s1. The second kappa shape index (κ2) is 8.23. The van der Waals surface area contributed by atoms with E-state index in [4.69, 9.17) is 4.74 Å². The highest BCUT2D eigenvalue weighted by atomic mass is 32.2. The first-order valence-corrected chi connectivity index (χ1v) is 12.3. The van der Waals surface area contributed by atoms with Crippen molar-refractivity contribution in [2.45, 2.75) is 63.5 Å². The maximum atomic E-state index is 12.2. The van der Waals surface area contributed by atoms with Gasteiger partial charge in [-0.05, 0) is 65.1 Å². The minimum absolute atomic E-state index is 0.236. The average Bonchev–Trinajstić information content (AvgIpc) is 3.22. The monoisotopic (exact) mass is 407 g/mol. The number of fused-ring (bicyclic) bond motifs is 3. The molecule has 0 bridgehead atoms. The SMILES string of the molecule is CC[S@@+]([O-])C[C@H]1CCc2sc3ncnc(OC4CCC(N(C)C)CC4)c3c21. The van der Waals surface area contributed by atoms with E-state index >= 15 is 0 Å². The fourth-order valence-corrected chi connectivity index (χ4v) is 6.72. The van der Waals surface area contributed by atoms with Gasteiger partial charge in [0, 0.05) is 16.8 Å². The molecule has 0 N–H and O–H groups in total. The van der Waals surface area contributed by atoms with Gasteiger partial charge in [-0.15, -0.1) is 11.3 Å². The molecule has 2 aliphatic rings. The molecule has 0 radical (unpaired) electrons. The molecule has 0 aromatic carbocycles. The average molecular weight is 408 g/mol. The minimum atomic E-state index is -0.754. The van der Waals surface area contributed by atoms with Gasteiger partial charge in [-0.2, -0.15) is 0 Å². The van der Waals surface area contributed by atoms with Crippen LogP contribution < -0.4 is 4.74 Å². The van der Waals surface area contributed by atoms with Gasteiger partial charge in [0.1, 0.15) is 28.8 Å². The van der Waals surface area contributed by atoms with Crippen LogP contribution in [0.25, 0.3) is 10.2 Å². The van der Waals surface area contributed by atoms with Crippen molar-refractivity contribution in [1.29, 1.82) is 0 Å². The maximum Gasteiger partial charge on any atom is 0.225 e. The summed E-state index contributed by atoms with van der Waals surface area (Å²) < 4.78 is 18.6. The van der Waals surface area contributed by atoms with Crippen molar-refractivity contribution in [3.63, 3.8) is 0 Å². The van der Waals surface area contributed by atoms with Crippen LogP contribution in [0, 0.1) is 0 Å². The molecule has 7 heteroatoms. The van der Waals surface area contributed by atoms with Gasteiger partial charge in [0.05, 0.1) is 5.39 Å². The zero-order valence-corrected chi connectivity index (χ0v) is 18.1. The fourth-order valence-electron chi connectivity index (χ4n) is 4.48. The van der Waals surface area contributed by atoms with Crippen molar-refractivity contribution in [2.75, 3.05) is 25.6 Å². The molecule has 5 nitrogen and oxygen atoms in total. The molecule has 2 atom stereocenters. The normalized spacial score (nSPS) is 26.5. The third kappa shape index (κ3) is 3.97. The van der Waals surface area contributed by atoms with Gasteiger partial charge < -0.3 is 14.2 Å². The van der Waals surface area contributed by atoms with Crippen LogP contribution >= 0.6 is 11.3 Å². The van der Waals surface area contributed by atoms with E-state index < -0.39 is 11.2 Å². The second-order valence-electron chi connectivity index (χ2n) is 7.94. The van der Waals surface area contributed by atoms with Crippen molar-refractivity contribution < 1.29 is 9.29 Å². The Balaban J connectivity index is 1.57. The molecule has 148 valence electrons. The molecule has 0 unspecified atom stereocenters. The van der Waals surface area contributed by atoms with Gasteiger partial charge in [-0.1, -0.05) is 11.2 Å². The predicted molar refractivity (Wildman–Crippen MR) is 112 cm³/mol. The smallest absolute Gasteiger partial charge is 0.225 e. The molecule has 2 aromatic heterocycles. The van der Waals surface area contributed by atoms with E-state index in [2.05, 4.69) is 29.0 Å². The van der Waals surface area contributed by atoms with Crippen LogP contribution in [0.3, 0.4) is 0 Å².